The fourth-order valence-electron chi connectivity index (χ4n) is 7.81. The number of rotatable bonds is 7. The van der Waals surface area contributed by atoms with Crippen molar-refractivity contribution < 1.29 is 23.8 Å². The highest BCUT2D eigenvalue weighted by atomic mass is 16.6. The zero-order chi connectivity index (χ0) is 36.6. The third-order valence-electron chi connectivity index (χ3n) is 10.5. The van der Waals surface area contributed by atoms with Gasteiger partial charge in [0, 0.05) is 19.6 Å². The minimum Gasteiger partial charge on any atom is -0.445 e. The first-order chi connectivity index (χ1) is 25.6. The molecule has 2 amide bonds. The third kappa shape index (κ3) is 7.44. The zero-order valence-corrected chi connectivity index (χ0v) is 30.5. The van der Waals surface area contributed by atoms with Crippen molar-refractivity contribution in [2.75, 3.05) is 19.7 Å². The predicted molar refractivity (Wildman–Crippen MR) is 201 cm³/mol. The number of ether oxygens (including phenoxy) is 3. The maximum Gasteiger partial charge on any atom is 0.410 e. The molecule has 0 aliphatic carbocycles. The molecule has 2 N–H and O–H groups in total. The molecule has 3 fully saturated rings. The molecule has 0 radical (unpaired) electrons. The maximum atomic E-state index is 13.4. The maximum absolute atomic E-state index is 13.4. The van der Waals surface area contributed by atoms with E-state index in [1.165, 1.54) is 0 Å². The molecule has 0 saturated carbocycles. The SMILES string of the molecule is CC(C)(C)OC(=O)N1CCCC1c1ncc(-c2ccc(-c3ccc(-c4cnc(C5CC6(CCCO6)CN5C(=O)OCc5ccccc5)[nH]4)cc3)cc2)[nH]1. The Kier molecular flexibility index (Phi) is 9.28. The van der Waals surface area contributed by atoms with E-state index >= 15 is 0 Å². The minimum atomic E-state index is -0.544. The molecule has 1 spiro atoms. The molecule has 0 bridgehead atoms. The van der Waals surface area contributed by atoms with Crippen molar-refractivity contribution in [1.29, 1.82) is 0 Å². The molecule has 3 atom stereocenters. The van der Waals surface area contributed by atoms with Crippen molar-refractivity contribution in [3.63, 3.8) is 0 Å². The highest BCUT2D eigenvalue weighted by molar-refractivity contribution is 5.72. The van der Waals surface area contributed by atoms with Gasteiger partial charge in [-0.2, -0.15) is 0 Å². The molecule has 3 saturated heterocycles. The Bertz CT molecular complexity index is 2040. The molecule has 11 heteroatoms. The van der Waals surface area contributed by atoms with Crippen LogP contribution < -0.4 is 0 Å². The Morgan fingerprint density at radius 2 is 1.40 bits per heavy atom. The Labute approximate surface area is 309 Å². The topological polar surface area (TPSA) is 126 Å². The van der Waals surface area contributed by atoms with Crippen molar-refractivity contribution in [2.45, 2.75) is 82.8 Å². The van der Waals surface area contributed by atoms with E-state index in [4.69, 9.17) is 19.2 Å². The van der Waals surface area contributed by atoms with E-state index in [1.807, 2.05) is 63.5 Å². The molecule has 3 aromatic carbocycles. The number of nitrogens with zero attached hydrogens (tertiary/aromatic N) is 4. The fourth-order valence-corrected chi connectivity index (χ4v) is 7.81. The van der Waals surface area contributed by atoms with Crippen molar-refractivity contribution in [3.05, 3.63) is 108 Å². The van der Waals surface area contributed by atoms with Gasteiger partial charge >= 0.3 is 12.2 Å². The van der Waals surface area contributed by atoms with E-state index in [0.29, 0.717) is 26.1 Å². The van der Waals surface area contributed by atoms with Gasteiger partial charge in [-0.05, 0) is 74.3 Å². The van der Waals surface area contributed by atoms with E-state index in [1.54, 1.807) is 9.80 Å². The number of hydrogen-bond acceptors (Lipinski definition) is 7. The molecule has 8 rings (SSSR count). The van der Waals surface area contributed by atoms with Gasteiger partial charge < -0.3 is 24.2 Å². The van der Waals surface area contributed by atoms with Gasteiger partial charge in [-0.1, -0.05) is 78.9 Å². The molecule has 53 heavy (non-hydrogen) atoms. The summed E-state index contributed by atoms with van der Waals surface area (Å²) in [5.74, 6) is 1.51. The van der Waals surface area contributed by atoms with Crippen LogP contribution in [0.15, 0.2) is 91.3 Å². The number of hydrogen-bond donors (Lipinski definition) is 2. The van der Waals surface area contributed by atoms with E-state index < -0.39 is 5.60 Å². The van der Waals surface area contributed by atoms with Crippen LogP contribution in [0.3, 0.4) is 0 Å². The second-order valence-corrected chi connectivity index (χ2v) is 15.4. The Morgan fingerprint density at radius 1 is 0.792 bits per heavy atom. The first-order valence-electron chi connectivity index (χ1n) is 18.6. The summed E-state index contributed by atoms with van der Waals surface area (Å²) in [4.78, 5) is 46.2. The van der Waals surface area contributed by atoms with Crippen LogP contribution in [0.2, 0.25) is 0 Å². The second-order valence-electron chi connectivity index (χ2n) is 15.4. The van der Waals surface area contributed by atoms with Crippen LogP contribution in [0.4, 0.5) is 9.59 Å². The summed E-state index contributed by atoms with van der Waals surface area (Å²) in [7, 11) is 0. The van der Waals surface area contributed by atoms with Crippen molar-refractivity contribution in [3.8, 4) is 33.6 Å². The summed E-state index contributed by atoms with van der Waals surface area (Å²) in [6.07, 6.45) is 7.36. The van der Waals surface area contributed by atoms with Crippen LogP contribution in [-0.2, 0) is 20.8 Å². The molecular weight excluding hydrogens is 668 g/mol. The van der Waals surface area contributed by atoms with E-state index in [0.717, 1.165) is 76.5 Å². The van der Waals surface area contributed by atoms with Gasteiger partial charge in [0.05, 0.1) is 48.0 Å². The summed E-state index contributed by atoms with van der Waals surface area (Å²) in [5, 5.41) is 0. The lowest BCUT2D eigenvalue weighted by atomic mass is 9.96. The number of aromatic amines is 2. The third-order valence-corrected chi connectivity index (χ3v) is 10.5. The lowest BCUT2D eigenvalue weighted by Crippen LogP contribution is -2.36. The molecule has 2 aromatic heterocycles. The summed E-state index contributed by atoms with van der Waals surface area (Å²) in [5.41, 5.74) is 6.04. The molecule has 3 aliphatic heterocycles. The average molecular weight is 715 g/mol. The predicted octanol–water partition coefficient (Wildman–Crippen LogP) is 8.84. The standard InChI is InChI=1S/C42H46N6O5/c1-41(2,3)53-40(50)47-21-7-11-35(47)37-43-24-33(45-37)31-16-12-29(13-17-31)30-14-18-32(19-15-30)34-25-44-38(46-34)36-23-42(20-8-22-52-42)27-48(36)39(49)51-26-28-9-5-4-6-10-28/h4-6,9-10,12-19,24-25,35-36H,7-8,11,20-23,26-27H2,1-3H3,(H,43,45)(H,44,46). The van der Waals surface area contributed by atoms with Gasteiger partial charge in [-0.15, -0.1) is 0 Å². The number of carbonyl (C=O) groups is 2. The molecule has 11 nitrogen and oxygen atoms in total. The monoisotopic (exact) mass is 714 g/mol. The smallest absolute Gasteiger partial charge is 0.410 e. The van der Waals surface area contributed by atoms with Crippen LogP contribution in [0.25, 0.3) is 33.6 Å². The number of benzene rings is 3. The van der Waals surface area contributed by atoms with Gasteiger partial charge in [0.25, 0.3) is 0 Å². The van der Waals surface area contributed by atoms with Gasteiger partial charge in [0.2, 0.25) is 0 Å². The quantitative estimate of drug-likeness (QED) is 0.173. The van der Waals surface area contributed by atoms with Crippen LogP contribution in [-0.4, -0.2) is 72.8 Å². The zero-order valence-electron chi connectivity index (χ0n) is 30.5. The lowest BCUT2D eigenvalue weighted by molar-refractivity contribution is 0.0111. The molecular formula is C42H46N6O5. The number of likely N-dealkylation sites (tertiary alicyclic amines) is 2. The average Bonchev–Trinajstić information content (AvgIpc) is 4.01. The summed E-state index contributed by atoms with van der Waals surface area (Å²) in [6, 6.07) is 26.1. The van der Waals surface area contributed by atoms with Crippen LogP contribution in [0.1, 0.15) is 82.2 Å². The van der Waals surface area contributed by atoms with Crippen molar-refractivity contribution >= 4 is 12.2 Å². The number of aromatic nitrogens is 4. The van der Waals surface area contributed by atoms with Crippen molar-refractivity contribution in [2.24, 2.45) is 0 Å². The van der Waals surface area contributed by atoms with Crippen LogP contribution in [0, 0.1) is 0 Å². The molecule has 274 valence electrons. The van der Waals surface area contributed by atoms with Gasteiger partial charge in [-0.25, -0.2) is 19.6 Å². The summed E-state index contributed by atoms with van der Waals surface area (Å²) >= 11 is 0. The Morgan fingerprint density at radius 3 is 1.98 bits per heavy atom. The number of carbonyl (C=O) groups excluding carboxylic acids is 2. The van der Waals surface area contributed by atoms with Crippen LogP contribution in [0.5, 0.6) is 0 Å². The Hall–Kier alpha value is -5.42. The Balaban J connectivity index is 0.933. The van der Waals surface area contributed by atoms with E-state index in [-0.39, 0.29) is 36.5 Å². The largest absolute Gasteiger partial charge is 0.445 e. The second kappa shape index (κ2) is 14.2. The normalized spacial score (nSPS) is 21.4. The van der Waals surface area contributed by atoms with Crippen molar-refractivity contribution in [1.82, 2.24) is 29.7 Å². The highest BCUT2D eigenvalue weighted by Gasteiger charge is 2.50. The van der Waals surface area contributed by atoms with E-state index in [9.17, 15) is 9.59 Å². The number of H-pyrrole nitrogens is 2. The lowest BCUT2D eigenvalue weighted by Gasteiger charge is -2.27. The summed E-state index contributed by atoms with van der Waals surface area (Å²) in [6.45, 7) is 7.72. The number of nitrogens with one attached hydrogen (secondary N) is 2. The van der Waals surface area contributed by atoms with Crippen LogP contribution >= 0.6 is 0 Å². The number of amides is 2. The van der Waals surface area contributed by atoms with Gasteiger partial charge in [0.1, 0.15) is 23.9 Å². The number of imidazole rings is 2. The fraction of sp³-hybridized carbons (Fsp3) is 0.381. The molecule has 5 heterocycles. The first kappa shape index (κ1) is 34.7. The van der Waals surface area contributed by atoms with E-state index in [2.05, 4.69) is 63.5 Å². The first-order valence-corrected chi connectivity index (χ1v) is 18.6. The summed E-state index contributed by atoms with van der Waals surface area (Å²) < 4.78 is 17.6. The van der Waals surface area contributed by atoms with Gasteiger partial charge in [0.15, 0.2) is 0 Å². The highest BCUT2D eigenvalue weighted by Crippen LogP contribution is 2.45. The molecule has 3 unspecified atom stereocenters. The molecule has 3 aliphatic rings. The van der Waals surface area contributed by atoms with Gasteiger partial charge in [-0.3, -0.25) is 9.80 Å². The minimum absolute atomic E-state index is 0.126. The molecule has 5 aromatic rings.